The Morgan fingerprint density at radius 2 is 2.06 bits per heavy atom. The van der Waals surface area contributed by atoms with Crippen LogP contribution in [0, 0.1) is 12.7 Å². The van der Waals surface area contributed by atoms with Gasteiger partial charge in [-0.1, -0.05) is 11.6 Å². The zero-order chi connectivity index (χ0) is 12.4. The number of halogens is 3. The average molecular weight is 317 g/mol. The first-order valence-electron chi connectivity index (χ1n) is 4.82. The fourth-order valence-electron chi connectivity index (χ4n) is 1.24. The first-order valence-corrected chi connectivity index (χ1v) is 5.99. The van der Waals surface area contributed by atoms with Gasteiger partial charge in [0.15, 0.2) is 0 Å². The van der Waals surface area contributed by atoms with E-state index in [1.807, 2.05) is 13.0 Å². The standard InChI is InChI=1S/C12H8BrClFNO/c1-7-9(13)3-5-12(16-7)17-8-2-4-11(15)10(14)6-8/h2-6H,1H3. The van der Waals surface area contributed by atoms with Crippen LogP contribution in [0.4, 0.5) is 4.39 Å². The van der Waals surface area contributed by atoms with E-state index in [-0.39, 0.29) is 5.02 Å². The summed E-state index contributed by atoms with van der Waals surface area (Å²) in [4.78, 5) is 4.21. The van der Waals surface area contributed by atoms with Crippen LogP contribution in [0.1, 0.15) is 5.69 Å². The molecule has 1 aromatic heterocycles. The van der Waals surface area contributed by atoms with E-state index in [2.05, 4.69) is 20.9 Å². The molecule has 2 nitrogen and oxygen atoms in total. The van der Waals surface area contributed by atoms with E-state index in [1.54, 1.807) is 6.07 Å². The molecule has 0 aliphatic heterocycles. The zero-order valence-corrected chi connectivity index (χ0v) is 11.2. The smallest absolute Gasteiger partial charge is 0.219 e. The summed E-state index contributed by atoms with van der Waals surface area (Å²) in [7, 11) is 0. The fourth-order valence-corrected chi connectivity index (χ4v) is 1.63. The molecular formula is C12H8BrClFNO. The first-order chi connectivity index (χ1) is 8.06. The van der Waals surface area contributed by atoms with Crippen molar-refractivity contribution in [1.82, 2.24) is 4.98 Å². The van der Waals surface area contributed by atoms with Gasteiger partial charge in [-0.15, -0.1) is 0 Å². The summed E-state index contributed by atoms with van der Waals surface area (Å²) >= 11 is 9.00. The van der Waals surface area contributed by atoms with Crippen LogP contribution in [-0.2, 0) is 0 Å². The number of aromatic nitrogens is 1. The number of ether oxygens (including phenoxy) is 1. The van der Waals surface area contributed by atoms with Crippen LogP contribution in [0.2, 0.25) is 5.02 Å². The topological polar surface area (TPSA) is 22.1 Å². The molecule has 17 heavy (non-hydrogen) atoms. The Morgan fingerprint density at radius 1 is 1.29 bits per heavy atom. The molecule has 0 N–H and O–H groups in total. The Hall–Kier alpha value is -1.13. The normalized spacial score (nSPS) is 10.4. The van der Waals surface area contributed by atoms with Crippen LogP contribution in [0.5, 0.6) is 11.6 Å². The maximum absolute atomic E-state index is 12.9. The van der Waals surface area contributed by atoms with Crippen molar-refractivity contribution in [2.45, 2.75) is 6.92 Å². The minimum absolute atomic E-state index is 0.0244. The van der Waals surface area contributed by atoms with E-state index in [0.29, 0.717) is 11.6 Å². The van der Waals surface area contributed by atoms with Gasteiger partial charge in [0, 0.05) is 16.6 Å². The van der Waals surface area contributed by atoms with Crippen molar-refractivity contribution in [1.29, 1.82) is 0 Å². The molecule has 0 atom stereocenters. The minimum atomic E-state index is -0.473. The fraction of sp³-hybridized carbons (Fsp3) is 0.0833. The van der Waals surface area contributed by atoms with Gasteiger partial charge in [0.2, 0.25) is 5.88 Å². The summed E-state index contributed by atoms with van der Waals surface area (Å²) in [5, 5.41) is 0.0244. The van der Waals surface area contributed by atoms with E-state index in [1.165, 1.54) is 18.2 Å². The molecule has 0 spiro atoms. The lowest BCUT2D eigenvalue weighted by Gasteiger charge is -2.06. The molecule has 1 heterocycles. The van der Waals surface area contributed by atoms with Gasteiger partial charge in [0.25, 0.3) is 0 Å². The van der Waals surface area contributed by atoms with Crippen molar-refractivity contribution in [2.24, 2.45) is 0 Å². The SMILES string of the molecule is Cc1nc(Oc2ccc(F)c(Cl)c2)ccc1Br. The van der Waals surface area contributed by atoms with Crippen molar-refractivity contribution < 1.29 is 9.13 Å². The summed E-state index contributed by atoms with van der Waals surface area (Å²) in [6.45, 7) is 1.86. The molecule has 0 fully saturated rings. The van der Waals surface area contributed by atoms with Crippen LogP contribution in [0.15, 0.2) is 34.8 Å². The van der Waals surface area contributed by atoms with Crippen LogP contribution >= 0.6 is 27.5 Å². The van der Waals surface area contributed by atoms with Crippen LogP contribution in [0.3, 0.4) is 0 Å². The summed E-state index contributed by atoms with van der Waals surface area (Å²) in [6, 6.07) is 7.72. The van der Waals surface area contributed by atoms with E-state index in [4.69, 9.17) is 16.3 Å². The first kappa shape index (κ1) is 12.3. The Kier molecular flexibility index (Phi) is 3.64. The average Bonchev–Trinajstić information content (AvgIpc) is 2.29. The van der Waals surface area contributed by atoms with Gasteiger partial charge in [-0.3, -0.25) is 0 Å². The molecule has 88 valence electrons. The van der Waals surface area contributed by atoms with E-state index in [9.17, 15) is 4.39 Å². The van der Waals surface area contributed by atoms with Crippen molar-refractivity contribution in [3.8, 4) is 11.6 Å². The molecule has 0 saturated heterocycles. The highest BCUT2D eigenvalue weighted by Crippen LogP contribution is 2.26. The van der Waals surface area contributed by atoms with Gasteiger partial charge in [-0.2, -0.15) is 0 Å². The summed E-state index contributed by atoms with van der Waals surface area (Å²) in [5.74, 6) is 0.415. The molecule has 0 unspecified atom stereocenters. The van der Waals surface area contributed by atoms with Crippen LogP contribution in [0.25, 0.3) is 0 Å². The van der Waals surface area contributed by atoms with Crippen molar-refractivity contribution in [3.63, 3.8) is 0 Å². The third kappa shape index (κ3) is 2.96. The Bertz CT molecular complexity index is 513. The molecule has 0 amide bonds. The molecular weight excluding hydrogens is 308 g/mol. The Balaban J connectivity index is 2.25. The maximum Gasteiger partial charge on any atom is 0.219 e. The second-order valence-corrected chi connectivity index (χ2v) is 4.66. The lowest BCUT2D eigenvalue weighted by Crippen LogP contribution is -1.91. The molecule has 0 saturated carbocycles. The number of aryl methyl sites for hydroxylation is 1. The second kappa shape index (κ2) is 5.02. The van der Waals surface area contributed by atoms with Crippen molar-refractivity contribution in [3.05, 3.63) is 51.3 Å². The molecule has 0 aliphatic carbocycles. The number of benzene rings is 1. The summed E-state index contributed by atoms with van der Waals surface area (Å²) in [6.07, 6.45) is 0. The second-order valence-electron chi connectivity index (χ2n) is 3.39. The van der Waals surface area contributed by atoms with E-state index >= 15 is 0 Å². The number of hydrogen-bond acceptors (Lipinski definition) is 2. The highest BCUT2D eigenvalue weighted by molar-refractivity contribution is 9.10. The molecule has 0 radical (unpaired) electrons. The number of nitrogens with zero attached hydrogens (tertiary/aromatic N) is 1. The quantitative estimate of drug-likeness (QED) is 0.798. The van der Waals surface area contributed by atoms with Gasteiger partial charge in [0.05, 0.1) is 10.7 Å². The van der Waals surface area contributed by atoms with Gasteiger partial charge in [-0.25, -0.2) is 9.37 Å². The lowest BCUT2D eigenvalue weighted by molar-refractivity contribution is 0.460. The van der Waals surface area contributed by atoms with Gasteiger partial charge >= 0.3 is 0 Å². The number of pyridine rings is 1. The molecule has 2 rings (SSSR count). The number of rotatable bonds is 2. The molecule has 2 aromatic rings. The third-order valence-corrected chi connectivity index (χ3v) is 3.24. The maximum atomic E-state index is 12.9. The summed E-state index contributed by atoms with van der Waals surface area (Å²) in [5.41, 5.74) is 0.815. The van der Waals surface area contributed by atoms with Gasteiger partial charge < -0.3 is 4.74 Å². The molecule has 1 aromatic carbocycles. The van der Waals surface area contributed by atoms with Gasteiger partial charge in [-0.05, 0) is 41.1 Å². The van der Waals surface area contributed by atoms with Crippen LogP contribution in [-0.4, -0.2) is 4.98 Å². The van der Waals surface area contributed by atoms with Gasteiger partial charge in [0.1, 0.15) is 11.6 Å². The van der Waals surface area contributed by atoms with Crippen molar-refractivity contribution in [2.75, 3.05) is 0 Å². The highest BCUT2D eigenvalue weighted by atomic mass is 79.9. The predicted octanol–water partition coefficient (Wildman–Crippen LogP) is 4.74. The van der Waals surface area contributed by atoms with E-state index < -0.39 is 5.82 Å². The Morgan fingerprint density at radius 3 is 2.71 bits per heavy atom. The largest absolute Gasteiger partial charge is 0.439 e. The van der Waals surface area contributed by atoms with E-state index in [0.717, 1.165) is 10.2 Å². The molecule has 0 aliphatic rings. The molecule has 0 bridgehead atoms. The third-order valence-electron chi connectivity index (χ3n) is 2.11. The van der Waals surface area contributed by atoms with Crippen molar-refractivity contribution >= 4 is 27.5 Å². The summed E-state index contributed by atoms with van der Waals surface area (Å²) < 4.78 is 19.3. The molecule has 5 heteroatoms. The highest BCUT2D eigenvalue weighted by Gasteiger charge is 2.05. The predicted molar refractivity (Wildman–Crippen MR) is 68.2 cm³/mol. The Labute approximate surface area is 112 Å². The number of hydrogen-bond donors (Lipinski definition) is 0. The van der Waals surface area contributed by atoms with Crippen LogP contribution < -0.4 is 4.74 Å². The lowest BCUT2D eigenvalue weighted by atomic mass is 10.3. The minimum Gasteiger partial charge on any atom is -0.439 e. The zero-order valence-electron chi connectivity index (χ0n) is 8.88. The monoisotopic (exact) mass is 315 g/mol.